The second-order valence-corrected chi connectivity index (χ2v) is 16.5. The number of phenolic OH excluding ortho intramolecular Hbond substituents is 1. The molecule has 0 heterocycles. The molecule has 1 saturated carbocycles. The number of carbonyl (C=O) groups excluding carboxylic acids is 1. The van der Waals surface area contributed by atoms with Crippen molar-refractivity contribution in [2.24, 2.45) is 46.0 Å². The standard InChI is InChI=1S/C48H61N3O5/c1-4-11-33(30-52)27-37(53)21-19-35-29-44(56-38-16-8-9-17-38)47(54)45-39(35)23-24-40-34(26-32-13-6-5-7-14-32)15-10-12-31(2)18-22-41(45)42-28-36(20-25-43(42)55-3)46(40)51-48(49)50/h5-7,13-14,20,25,27,29,31,34,36,38,40-43,46,52,54H,4,8-9,11-12,16-19,21-22,26,28,30H2,1-3H3,(H4,49,50,51)/b33-27-/t31-,34+,36-,40+,41-,42+,43-,46-/m0/s1. The molecular formula is C48H61N3O5. The van der Waals surface area contributed by atoms with Crippen molar-refractivity contribution in [1.82, 2.24) is 0 Å². The number of nitrogens with two attached hydrogens (primary N) is 2. The van der Waals surface area contributed by atoms with Crippen LogP contribution < -0.4 is 16.2 Å². The van der Waals surface area contributed by atoms with Gasteiger partial charge >= 0.3 is 0 Å². The van der Waals surface area contributed by atoms with Gasteiger partial charge in [0.15, 0.2) is 23.2 Å². The van der Waals surface area contributed by atoms with Gasteiger partial charge in [0, 0.05) is 42.9 Å². The number of nitrogens with zero attached hydrogens (tertiary/aromatic N) is 1. The Hall–Kier alpha value is -4.50. The molecule has 0 unspecified atom stereocenters. The summed E-state index contributed by atoms with van der Waals surface area (Å²) < 4.78 is 12.9. The molecule has 5 aliphatic rings. The van der Waals surface area contributed by atoms with Crippen LogP contribution in [0.4, 0.5) is 0 Å². The summed E-state index contributed by atoms with van der Waals surface area (Å²) in [6.07, 6.45) is 15.8. The monoisotopic (exact) mass is 759 g/mol. The van der Waals surface area contributed by atoms with Crippen LogP contribution >= 0.6 is 0 Å². The van der Waals surface area contributed by atoms with Crippen molar-refractivity contribution in [1.29, 1.82) is 0 Å². The number of rotatable bonds is 13. The highest BCUT2D eigenvalue weighted by molar-refractivity contribution is 5.90. The minimum absolute atomic E-state index is 0.0166. The van der Waals surface area contributed by atoms with Crippen molar-refractivity contribution < 1.29 is 24.5 Å². The summed E-state index contributed by atoms with van der Waals surface area (Å²) in [6, 6.07) is 11.9. The Bertz CT molecular complexity index is 1890. The molecule has 2 aromatic rings. The van der Waals surface area contributed by atoms with E-state index >= 15 is 0 Å². The lowest BCUT2D eigenvalue weighted by molar-refractivity contribution is -0.114. The number of hydrogen-bond donors (Lipinski definition) is 4. The van der Waals surface area contributed by atoms with Gasteiger partial charge in [-0.05, 0) is 111 Å². The molecule has 0 amide bonds. The first kappa shape index (κ1) is 41.1. The number of aliphatic hydroxyl groups excluding tert-OH is 1. The lowest BCUT2D eigenvalue weighted by Crippen LogP contribution is -2.41. The van der Waals surface area contributed by atoms with Crippen LogP contribution in [-0.2, 0) is 22.4 Å². The number of ether oxygens (including phenoxy) is 2. The highest BCUT2D eigenvalue weighted by Crippen LogP contribution is 2.50. The highest BCUT2D eigenvalue weighted by atomic mass is 16.5. The fourth-order valence-corrected chi connectivity index (χ4v) is 9.43. The number of fused-ring (bicyclic) bond motifs is 5. The molecule has 1 fully saturated rings. The van der Waals surface area contributed by atoms with Crippen molar-refractivity contribution in [3.63, 3.8) is 0 Å². The third-order valence-corrected chi connectivity index (χ3v) is 12.3. The second kappa shape index (κ2) is 19.6. The van der Waals surface area contributed by atoms with Gasteiger partial charge in [-0.15, -0.1) is 5.92 Å². The molecule has 0 radical (unpaired) electrons. The Kier molecular flexibility index (Phi) is 14.4. The van der Waals surface area contributed by atoms with E-state index < -0.39 is 0 Å². The molecule has 298 valence electrons. The number of phenols is 1. The second-order valence-electron chi connectivity index (χ2n) is 16.5. The zero-order chi connectivity index (χ0) is 39.6. The van der Waals surface area contributed by atoms with Crippen molar-refractivity contribution in [3.8, 4) is 35.2 Å². The molecule has 8 nitrogen and oxygen atoms in total. The topological polar surface area (TPSA) is 140 Å². The summed E-state index contributed by atoms with van der Waals surface area (Å²) in [5, 5.41) is 22.5. The largest absolute Gasteiger partial charge is 0.504 e. The first-order chi connectivity index (χ1) is 27.2. The van der Waals surface area contributed by atoms with Crippen LogP contribution in [-0.4, -0.2) is 53.9 Å². The van der Waals surface area contributed by atoms with E-state index in [4.69, 9.17) is 25.9 Å². The summed E-state index contributed by atoms with van der Waals surface area (Å²) in [7, 11) is 1.76. The Labute approximate surface area is 334 Å². The van der Waals surface area contributed by atoms with E-state index in [9.17, 15) is 15.0 Å². The number of carbonyl (C=O) groups is 1. The summed E-state index contributed by atoms with van der Waals surface area (Å²) in [6.45, 7) is 4.16. The molecule has 56 heavy (non-hydrogen) atoms. The third kappa shape index (κ3) is 10.1. The maximum absolute atomic E-state index is 13.5. The van der Waals surface area contributed by atoms with E-state index in [-0.39, 0.29) is 78.4 Å². The van der Waals surface area contributed by atoms with E-state index in [0.29, 0.717) is 30.9 Å². The number of benzene rings is 2. The molecule has 8 heteroatoms. The maximum atomic E-state index is 13.5. The van der Waals surface area contributed by atoms with E-state index in [1.54, 1.807) is 13.2 Å². The van der Waals surface area contributed by atoms with Crippen LogP contribution in [0.3, 0.4) is 0 Å². The van der Waals surface area contributed by atoms with Gasteiger partial charge in [0.05, 0.1) is 30.8 Å². The van der Waals surface area contributed by atoms with Crippen LogP contribution in [0.1, 0.15) is 113 Å². The number of aliphatic hydroxyl groups is 1. The maximum Gasteiger partial charge on any atom is 0.186 e. The van der Waals surface area contributed by atoms with Crippen LogP contribution in [0.5, 0.6) is 11.5 Å². The molecule has 0 aromatic heterocycles. The quantitative estimate of drug-likeness (QED) is 0.0544. The Morgan fingerprint density at radius 2 is 1.84 bits per heavy atom. The van der Waals surface area contributed by atoms with E-state index in [2.05, 4.69) is 67.0 Å². The van der Waals surface area contributed by atoms with Gasteiger partial charge in [0.25, 0.3) is 0 Å². The number of allylic oxidation sites excluding steroid dienone is 1. The molecule has 2 aromatic carbocycles. The van der Waals surface area contributed by atoms with Gasteiger partial charge in [-0.3, -0.25) is 4.79 Å². The number of hydrogen-bond acceptors (Lipinski definition) is 6. The first-order valence-corrected chi connectivity index (χ1v) is 20.9. The van der Waals surface area contributed by atoms with Gasteiger partial charge < -0.3 is 31.2 Å². The molecule has 8 atom stereocenters. The average Bonchev–Trinajstić information content (AvgIpc) is 3.71. The number of ketones is 1. The zero-order valence-electron chi connectivity index (χ0n) is 33.5. The molecular weight excluding hydrogens is 699 g/mol. The van der Waals surface area contributed by atoms with E-state index in [1.807, 2.05) is 19.1 Å². The zero-order valence-corrected chi connectivity index (χ0v) is 33.5. The van der Waals surface area contributed by atoms with Crippen molar-refractivity contribution in [2.75, 3.05) is 13.7 Å². The van der Waals surface area contributed by atoms with Gasteiger partial charge in [0.2, 0.25) is 0 Å². The molecule has 0 saturated heterocycles. The summed E-state index contributed by atoms with van der Waals surface area (Å²) in [4.78, 5) is 18.4. The molecule has 7 rings (SSSR count). The Morgan fingerprint density at radius 3 is 2.55 bits per heavy atom. The molecule has 4 bridgehead atoms. The summed E-state index contributed by atoms with van der Waals surface area (Å²) in [5.41, 5.74) is 16.8. The predicted molar refractivity (Wildman–Crippen MR) is 223 cm³/mol. The highest BCUT2D eigenvalue weighted by Gasteiger charge is 2.43. The molecule has 6 N–H and O–H groups in total. The Balaban J connectivity index is 1.61. The van der Waals surface area contributed by atoms with Crippen molar-refractivity contribution in [3.05, 3.63) is 82.5 Å². The lowest BCUT2D eigenvalue weighted by atomic mass is 9.66. The third-order valence-electron chi connectivity index (χ3n) is 12.3. The normalized spacial score (nSPS) is 27.5. The minimum Gasteiger partial charge on any atom is -0.504 e. The van der Waals surface area contributed by atoms with Crippen LogP contribution in [0.25, 0.3) is 0 Å². The predicted octanol–water partition coefficient (Wildman–Crippen LogP) is 7.53. The van der Waals surface area contributed by atoms with Crippen molar-refractivity contribution in [2.45, 2.75) is 121 Å². The fourth-order valence-electron chi connectivity index (χ4n) is 9.43. The molecule has 0 aliphatic heterocycles. The number of methoxy groups -OCH3 is 1. The van der Waals surface area contributed by atoms with E-state index in [1.165, 1.54) is 0 Å². The average molecular weight is 760 g/mol. The smallest absolute Gasteiger partial charge is 0.186 e. The summed E-state index contributed by atoms with van der Waals surface area (Å²) in [5.74, 6) is 14.8. The number of aromatic hydroxyl groups is 1. The van der Waals surface area contributed by atoms with Crippen LogP contribution in [0.15, 0.2) is 65.2 Å². The van der Waals surface area contributed by atoms with Gasteiger partial charge in [0.1, 0.15) is 0 Å². The van der Waals surface area contributed by atoms with E-state index in [0.717, 1.165) is 85.6 Å². The van der Waals surface area contributed by atoms with Crippen LogP contribution in [0, 0.1) is 53.3 Å². The van der Waals surface area contributed by atoms with Gasteiger partial charge in [-0.2, -0.15) is 0 Å². The SMILES string of the molecule is CCC/C(=C/C(=O)CCc1cc(OC2CCCC2)c(O)c2c1C#C[C@H]1[C@@H](N=C(N)N)[C@H]3C=C[C@H](OC)[C@H](C3)[C@@H]2CC[C@@H](C)CC#C[C@@H]1Cc1ccccc1)CO. The van der Waals surface area contributed by atoms with Gasteiger partial charge in [-0.25, -0.2) is 4.99 Å². The summed E-state index contributed by atoms with van der Waals surface area (Å²) >= 11 is 0. The number of aryl methyl sites for hydroxylation is 1. The Morgan fingerprint density at radius 1 is 1.05 bits per heavy atom. The fraction of sp³-hybridized carbons (Fsp3) is 0.542. The first-order valence-electron chi connectivity index (χ1n) is 20.9. The van der Waals surface area contributed by atoms with Crippen LogP contribution in [0.2, 0.25) is 0 Å². The lowest BCUT2D eigenvalue weighted by Gasteiger charge is -2.41. The minimum atomic E-state index is -0.378. The molecule has 0 spiro atoms. The number of aliphatic imine (C=N–C) groups is 1. The van der Waals surface area contributed by atoms with Gasteiger partial charge in [-0.1, -0.05) is 80.5 Å². The number of guanidine groups is 1. The van der Waals surface area contributed by atoms with Crippen molar-refractivity contribution >= 4 is 11.7 Å². The molecule has 5 aliphatic carbocycles.